The van der Waals surface area contributed by atoms with E-state index in [1.54, 1.807) is 107 Å². The van der Waals surface area contributed by atoms with E-state index in [4.69, 9.17) is 23.2 Å². The number of aliphatic hydroxyl groups is 1. The third kappa shape index (κ3) is 14.2. The van der Waals surface area contributed by atoms with Crippen molar-refractivity contribution in [3.8, 4) is 22.9 Å². The van der Waals surface area contributed by atoms with Crippen molar-refractivity contribution < 1.29 is 65.2 Å². The number of carbonyl (C=O) groups excluding carboxylic acids is 3. The summed E-state index contributed by atoms with van der Waals surface area (Å²) in [4.78, 5) is 51.6. The molecule has 0 spiro atoms. The summed E-state index contributed by atoms with van der Waals surface area (Å²) in [6.45, 7) is 8.38. The number of carbonyl (C=O) groups is 4. The van der Waals surface area contributed by atoms with Crippen LogP contribution < -0.4 is 25.4 Å². The molecule has 6 aromatic carbocycles. The second-order valence-electron chi connectivity index (χ2n) is 19.0. The molecule has 8 aromatic rings. The minimum atomic E-state index is -4.83. The van der Waals surface area contributed by atoms with Crippen LogP contribution in [0.15, 0.2) is 134 Å². The number of ether oxygens (including phenoxy) is 2. The highest BCUT2D eigenvalue weighted by molar-refractivity contribution is 6.35. The maximum atomic E-state index is 13.2. The second-order valence-corrected chi connectivity index (χ2v) is 19.8. The Morgan fingerprint density at radius 3 is 1.47 bits per heavy atom. The average molecular weight is 1120 g/mol. The summed E-state index contributed by atoms with van der Waals surface area (Å²) < 4.78 is 86.8. The summed E-state index contributed by atoms with van der Waals surface area (Å²) in [5.74, 6) is -2.16. The topological polar surface area (TPSA) is 202 Å². The number of fused-ring (bicyclic) bond motifs is 2. The SMILES string of the molecule is CC(C)(C)N(Cc1ccc(Cl)c(C(=O)Nc2cccc3c2cnn3-c2cccc(OC(F)(F)F)c2)c1)C(=O)O.CC(C)(CO)C(=O)NCc1ccc(Cl)c(C(=O)Nc2cccc3c2cnn3-c2cccc(OC(F)(F)F)c2)c1. The Labute approximate surface area is 451 Å². The van der Waals surface area contributed by atoms with E-state index in [2.05, 4.69) is 35.6 Å². The van der Waals surface area contributed by atoms with Gasteiger partial charge in [-0.1, -0.05) is 59.6 Å². The van der Waals surface area contributed by atoms with Crippen LogP contribution in [0, 0.1) is 5.41 Å². The van der Waals surface area contributed by atoms with E-state index in [0.29, 0.717) is 55.7 Å². The van der Waals surface area contributed by atoms with Crippen LogP contribution in [-0.4, -0.2) is 83.4 Å². The smallest absolute Gasteiger partial charge is 0.465 e. The van der Waals surface area contributed by atoms with E-state index in [0.717, 1.165) is 0 Å². The molecule has 0 aliphatic rings. The third-order valence-electron chi connectivity index (χ3n) is 11.7. The molecular weight excluding hydrogens is 1070 g/mol. The highest BCUT2D eigenvalue weighted by Gasteiger charge is 2.33. The van der Waals surface area contributed by atoms with E-state index < -0.39 is 53.1 Å². The quantitative estimate of drug-likeness (QED) is 0.0652. The number of benzene rings is 6. The molecule has 0 radical (unpaired) electrons. The minimum absolute atomic E-state index is 0.0513. The van der Waals surface area contributed by atoms with Gasteiger partial charge in [-0.15, -0.1) is 26.3 Å². The molecule has 16 nitrogen and oxygen atoms in total. The number of carboxylic acid groups (broad SMARTS) is 1. The van der Waals surface area contributed by atoms with Crippen molar-refractivity contribution in [2.45, 2.75) is 66.0 Å². The molecule has 24 heteroatoms. The number of hydrogen-bond acceptors (Lipinski definition) is 9. The maximum Gasteiger partial charge on any atom is 0.573 e. The average Bonchev–Trinajstić information content (AvgIpc) is 4.17. The summed E-state index contributed by atoms with van der Waals surface area (Å²) in [6.07, 6.45) is -7.79. The Morgan fingerprint density at radius 2 is 1.05 bits per heavy atom. The van der Waals surface area contributed by atoms with Gasteiger partial charge in [-0.2, -0.15) is 10.2 Å². The summed E-state index contributed by atoms with van der Waals surface area (Å²) in [5, 5.41) is 37.3. The molecule has 8 rings (SSSR count). The van der Waals surface area contributed by atoms with Gasteiger partial charge < -0.3 is 35.6 Å². The van der Waals surface area contributed by atoms with E-state index in [9.17, 15) is 55.7 Å². The van der Waals surface area contributed by atoms with Crippen LogP contribution in [-0.2, 0) is 17.9 Å². The molecule has 0 aliphatic heterocycles. The third-order valence-corrected chi connectivity index (χ3v) is 12.4. The van der Waals surface area contributed by atoms with Gasteiger partial charge in [-0.25, -0.2) is 14.2 Å². The number of hydrogen-bond donors (Lipinski definition) is 5. The number of nitrogens with one attached hydrogen (secondary N) is 3. The van der Waals surface area contributed by atoms with Crippen molar-refractivity contribution in [1.82, 2.24) is 29.8 Å². The van der Waals surface area contributed by atoms with Gasteiger partial charge in [-0.05, 0) is 119 Å². The van der Waals surface area contributed by atoms with Crippen molar-refractivity contribution >= 4 is 80.2 Å². The van der Waals surface area contributed by atoms with Crippen LogP contribution in [0.2, 0.25) is 10.0 Å². The number of aliphatic hydroxyl groups excluding tert-OH is 1. The first-order chi connectivity index (χ1) is 36.6. The zero-order valence-electron chi connectivity index (χ0n) is 41.9. The predicted octanol–water partition coefficient (Wildman–Crippen LogP) is 12.6. The Balaban J connectivity index is 0.000000226. The lowest BCUT2D eigenvalue weighted by Gasteiger charge is -2.33. The van der Waals surface area contributed by atoms with Crippen LogP contribution in [0.4, 0.5) is 42.5 Å². The van der Waals surface area contributed by atoms with Gasteiger partial charge in [0.25, 0.3) is 11.8 Å². The highest BCUT2D eigenvalue weighted by Crippen LogP contribution is 2.33. The van der Waals surface area contributed by atoms with E-state index in [-0.39, 0.29) is 46.8 Å². The maximum absolute atomic E-state index is 13.2. The predicted molar refractivity (Wildman–Crippen MR) is 280 cm³/mol. The largest absolute Gasteiger partial charge is 0.573 e. The Hall–Kier alpha value is -8.34. The lowest BCUT2D eigenvalue weighted by Crippen LogP contribution is -2.44. The molecule has 2 aromatic heterocycles. The van der Waals surface area contributed by atoms with Crippen molar-refractivity contribution in [2.75, 3.05) is 17.2 Å². The molecule has 5 N–H and O–H groups in total. The van der Waals surface area contributed by atoms with Crippen molar-refractivity contribution in [1.29, 1.82) is 0 Å². The lowest BCUT2D eigenvalue weighted by molar-refractivity contribution is -0.275. The van der Waals surface area contributed by atoms with Gasteiger partial charge in [-0.3, -0.25) is 19.3 Å². The van der Waals surface area contributed by atoms with E-state index >= 15 is 0 Å². The van der Waals surface area contributed by atoms with Crippen LogP contribution >= 0.6 is 23.2 Å². The van der Waals surface area contributed by atoms with Crippen molar-refractivity contribution in [3.05, 3.63) is 166 Å². The van der Waals surface area contributed by atoms with Crippen molar-refractivity contribution in [2.24, 2.45) is 5.41 Å². The first-order valence-corrected chi connectivity index (χ1v) is 24.1. The fourth-order valence-electron chi connectivity index (χ4n) is 7.70. The van der Waals surface area contributed by atoms with Gasteiger partial charge in [0.05, 0.1) is 79.4 Å². The Morgan fingerprint density at radius 1 is 0.615 bits per heavy atom. The first-order valence-electron chi connectivity index (χ1n) is 23.4. The first kappa shape index (κ1) is 57.4. The number of halogens is 8. The fraction of sp³-hybridized carbons (Fsp3) is 0.222. The number of amides is 4. The van der Waals surface area contributed by atoms with Gasteiger partial charge in [0, 0.05) is 41.5 Å². The van der Waals surface area contributed by atoms with Gasteiger partial charge in [0.2, 0.25) is 5.91 Å². The van der Waals surface area contributed by atoms with Crippen molar-refractivity contribution in [3.63, 3.8) is 0 Å². The number of aromatic nitrogens is 4. The zero-order valence-corrected chi connectivity index (χ0v) is 43.4. The number of rotatable bonds is 14. The van der Waals surface area contributed by atoms with Crippen LogP contribution in [0.1, 0.15) is 66.5 Å². The zero-order chi connectivity index (χ0) is 56.9. The molecule has 0 fully saturated rings. The highest BCUT2D eigenvalue weighted by atomic mass is 35.5. The van der Waals surface area contributed by atoms with Gasteiger partial charge in [0.1, 0.15) is 11.5 Å². The second kappa shape index (κ2) is 23.1. The molecule has 0 bridgehead atoms. The number of alkyl halides is 6. The van der Waals surface area contributed by atoms with Crippen LogP contribution in [0.25, 0.3) is 33.2 Å². The minimum Gasteiger partial charge on any atom is -0.465 e. The molecule has 0 saturated heterocycles. The molecule has 78 heavy (non-hydrogen) atoms. The summed E-state index contributed by atoms with van der Waals surface area (Å²) >= 11 is 12.6. The summed E-state index contributed by atoms with van der Waals surface area (Å²) in [5.41, 5.74) is 2.43. The molecule has 0 saturated carbocycles. The Kier molecular flexibility index (Phi) is 17.0. The van der Waals surface area contributed by atoms with E-state index in [1.165, 1.54) is 75.2 Å². The summed E-state index contributed by atoms with van der Waals surface area (Å²) in [6, 6.07) is 30.3. The van der Waals surface area contributed by atoms with Crippen LogP contribution in [0.5, 0.6) is 11.5 Å². The standard InChI is InChI=1S/2C27H24ClF3N4O4/c1-26(2,3)34(25(37)38)15-16-10-11-21(28)19(12-16)24(36)33-22-8-5-9-23-20(22)14-32-35(23)17-6-4-7-18(13-17)39-27(29,30)31;1-26(2,15-36)25(38)32-13-16-9-10-21(28)19(11-16)24(37)34-22-7-4-8-23-20(22)14-33-35(23)17-5-3-6-18(12-17)39-27(29,30)31/h4-14H,15H2,1-3H3,(H,33,36)(H,37,38);3-12,14,36H,13,15H2,1-2H3,(H,32,38)(H,34,37). The van der Waals surface area contributed by atoms with Gasteiger partial charge >= 0.3 is 18.8 Å². The van der Waals surface area contributed by atoms with E-state index in [1.807, 2.05) is 0 Å². The molecular formula is C54H48Cl2F6N8O8. The number of anilines is 2. The van der Waals surface area contributed by atoms with Crippen LogP contribution in [0.3, 0.4) is 0 Å². The Bertz CT molecular complexity index is 3540. The molecule has 0 atom stereocenters. The lowest BCUT2D eigenvalue weighted by atomic mass is 9.93. The summed E-state index contributed by atoms with van der Waals surface area (Å²) in [7, 11) is 0. The number of nitrogens with zero attached hydrogens (tertiary/aromatic N) is 5. The molecule has 4 amide bonds. The molecule has 2 heterocycles. The molecule has 0 unspecified atom stereocenters. The molecule has 408 valence electrons. The monoisotopic (exact) mass is 1120 g/mol. The molecule has 0 aliphatic carbocycles. The fourth-order valence-corrected chi connectivity index (χ4v) is 8.11. The normalized spacial score (nSPS) is 11.9. The van der Waals surface area contributed by atoms with Gasteiger partial charge in [0.15, 0.2) is 0 Å².